The second-order valence-electron chi connectivity index (χ2n) is 4.44. The molecule has 0 aromatic heterocycles. The van der Waals surface area contributed by atoms with Gasteiger partial charge in [0.2, 0.25) is 0 Å². The number of aromatic carboxylic acids is 1. The van der Waals surface area contributed by atoms with Crippen LogP contribution in [-0.4, -0.2) is 22.2 Å². The Hall–Kier alpha value is -1.92. The quantitative estimate of drug-likeness (QED) is 0.645. The van der Waals surface area contributed by atoms with Gasteiger partial charge in [-0.15, -0.1) is 25.3 Å². The minimum atomic E-state index is -0.993. The van der Waals surface area contributed by atoms with E-state index in [4.69, 9.17) is 10.2 Å². The first kappa shape index (κ1) is 15.5. The van der Waals surface area contributed by atoms with Crippen LogP contribution < -0.4 is 0 Å². The standard InChI is InChI=1S/C15H12O4S2/c16-13(17)9-3-1-8(2-4-9)11-6-5-10(14(18)19)7-12(11)15(20)21/h1-6,20-21H,7H2,(H,16,17)(H,18,19). The average molecular weight is 320 g/mol. The van der Waals surface area contributed by atoms with E-state index in [1.54, 1.807) is 18.2 Å². The van der Waals surface area contributed by atoms with Crippen LogP contribution in [0.15, 0.2) is 51.8 Å². The molecule has 0 amide bonds. The molecule has 1 aliphatic rings. The van der Waals surface area contributed by atoms with Crippen LogP contribution in [0.5, 0.6) is 0 Å². The number of rotatable bonds is 3. The number of carboxylic acid groups (broad SMARTS) is 2. The molecule has 2 N–H and O–H groups in total. The molecule has 0 aliphatic heterocycles. The zero-order chi connectivity index (χ0) is 15.6. The molecule has 0 saturated carbocycles. The fraction of sp³-hybridized carbons (Fsp3) is 0.0667. The summed E-state index contributed by atoms with van der Waals surface area (Å²) in [5.41, 5.74) is 2.73. The molecule has 0 spiro atoms. The van der Waals surface area contributed by atoms with E-state index >= 15 is 0 Å². The van der Waals surface area contributed by atoms with Gasteiger partial charge in [-0.25, -0.2) is 9.59 Å². The average Bonchev–Trinajstić information content (AvgIpc) is 2.46. The van der Waals surface area contributed by atoms with Crippen LogP contribution in [0.3, 0.4) is 0 Å². The van der Waals surface area contributed by atoms with Crippen molar-refractivity contribution in [1.29, 1.82) is 0 Å². The fourth-order valence-corrected chi connectivity index (χ4v) is 2.44. The van der Waals surface area contributed by atoms with Gasteiger partial charge in [-0.2, -0.15) is 0 Å². The summed E-state index contributed by atoms with van der Waals surface area (Å²) in [5, 5.41) is 18.0. The van der Waals surface area contributed by atoms with Crippen molar-refractivity contribution in [3.8, 4) is 0 Å². The lowest BCUT2D eigenvalue weighted by Gasteiger charge is -2.18. The SMILES string of the molecule is O=C(O)C1=CC=C(c2ccc(C(=O)O)cc2)C(=C(S)S)C1. The Morgan fingerprint density at radius 2 is 1.57 bits per heavy atom. The summed E-state index contributed by atoms with van der Waals surface area (Å²) < 4.78 is 0.440. The van der Waals surface area contributed by atoms with E-state index in [1.807, 2.05) is 0 Å². The van der Waals surface area contributed by atoms with Crippen molar-refractivity contribution < 1.29 is 19.8 Å². The van der Waals surface area contributed by atoms with Crippen molar-refractivity contribution in [2.75, 3.05) is 0 Å². The van der Waals surface area contributed by atoms with Crippen LogP contribution in [0, 0.1) is 0 Å². The van der Waals surface area contributed by atoms with E-state index in [2.05, 4.69) is 25.3 Å². The number of carboxylic acids is 2. The van der Waals surface area contributed by atoms with Gasteiger partial charge < -0.3 is 10.2 Å². The molecule has 4 nitrogen and oxygen atoms in total. The summed E-state index contributed by atoms with van der Waals surface area (Å²) >= 11 is 8.40. The second-order valence-corrected chi connectivity index (χ2v) is 5.69. The highest BCUT2D eigenvalue weighted by Gasteiger charge is 2.20. The number of benzene rings is 1. The summed E-state index contributed by atoms with van der Waals surface area (Å²) in [6.07, 6.45) is 3.45. The molecule has 108 valence electrons. The van der Waals surface area contributed by atoms with Crippen molar-refractivity contribution in [2.45, 2.75) is 6.42 Å². The molecule has 1 aliphatic carbocycles. The Kier molecular flexibility index (Phi) is 4.59. The van der Waals surface area contributed by atoms with Gasteiger partial charge in [-0.05, 0) is 28.8 Å². The molecular weight excluding hydrogens is 308 g/mol. The molecule has 0 bridgehead atoms. The highest BCUT2D eigenvalue weighted by atomic mass is 32.2. The molecule has 0 heterocycles. The maximum atomic E-state index is 11.1. The van der Waals surface area contributed by atoms with Crippen LogP contribution in [0.2, 0.25) is 0 Å². The number of thiol groups is 2. The van der Waals surface area contributed by atoms with Crippen LogP contribution in [-0.2, 0) is 4.79 Å². The summed E-state index contributed by atoms with van der Waals surface area (Å²) in [4.78, 5) is 21.9. The molecule has 6 heteroatoms. The highest BCUT2D eigenvalue weighted by molar-refractivity contribution is 8.05. The van der Waals surface area contributed by atoms with Crippen LogP contribution in [0.4, 0.5) is 0 Å². The Morgan fingerprint density at radius 1 is 0.952 bits per heavy atom. The summed E-state index contributed by atoms with van der Waals surface area (Å²) in [5.74, 6) is -1.97. The highest BCUT2D eigenvalue weighted by Crippen LogP contribution is 2.36. The third-order valence-corrected chi connectivity index (χ3v) is 3.67. The van der Waals surface area contributed by atoms with E-state index < -0.39 is 11.9 Å². The van der Waals surface area contributed by atoms with Gasteiger partial charge in [0.1, 0.15) is 0 Å². The maximum Gasteiger partial charge on any atom is 0.335 e. The number of allylic oxidation sites excluding steroid dienone is 4. The first-order valence-corrected chi connectivity index (χ1v) is 6.89. The number of hydrogen-bond donors (Lipinski definition) is 4. The molecule has 0 unspecified atom stereocenters. The Labute approximate surface area is 132 Å². The zero-order valence-corrected chi connectivity index (χ0v) is 12.6. The van der Waals surface area contributed by atoms with Gasteiger partial charge in [-0.3, -0.25) is 0 Å². The van der Waals surface area contributed by atoms with Gasteiger partial charge in [0, 0.05) is 16.2 Å². The van der Waals surface area contributed by atoms with Crippen molar-refractivity contribution in [1.82, 2.24) is 0 Å². The second kappa shape index (κ2) is 6.24. The van der Waals surface area contributed by atoms with E-state index in [0.717, 1.165) is 11.1 Å². The summed E-state index contributed by atoms with van der Waals surface area (Å²) in [7, 11) is 0. The monoisotopic (exact) mass is 320 g/mol. The maximum absolute atomic E-state index is 11.1. The van der Waals surface area contributed by atoms with Crippen molar-refractivity contribution in [3.63, 3.8) is 0 Å². The van der Waals surface area contributed by atoms with Crippen molar-refractivity contribution in [3.05, 3.63) is 62.9 Å². The topological polar surface area (TPSA) is 74.6 Å². The Morgan fingerprint density at radius 3 is 2.05 bits per heavy atom. The van der Waals surface area contributed by atoms with Crippen molar-refractivity contribution in [2.24, 2.45) is 0 Å². The lowest BCUT2D eigenvalue weighted by atomic mass is 9.89. The predicted molar refractivity (Wildman–Crippen MR) is 86.7 cm³/mol. The third-order valence-electron chi connectivity index (χ3n) is 3.13. The molecule has 1 aromatic rings. The van der Waals surface area contributed by atoms with E-state index in [-0.39, 0.29) is 17.6 Å². The smallest absolute Gasteiger partial charge is 0.335 e. The van der Waals surface area contributed by atoms with E-state index in [9.17, 15) is 9.59 Å². The minimum Gasteiger partial charge on any atom is -0.478 e. The summed E-state index contributed by atoms with van der Waals surface area (Å²) in [6, 6.07) is 6.37. The first-order chi connectivity index (χ1) is 9.90. The Bertz CT molecular complexity index is 693. The molecule has 1 aromatic carbocycles. The number of aliphatic carboxylic acids is 1. The molecule has 0 radical (unpaired) electrons. The predicted octanol–water partition coefficient (Wildman–Crippen LogP) is 3.25. The normalized spacial score (nSPS) is 14.3. The van der Waals surface area contributed by atoms with Gasteiger partial charge in [-0.1, -0.05) is 24.3 Å². The number of carbonyl (C=O) groups is 2. The molecular formula is C15H12O4S2. The number of hydrogen-bond acceptors (Lipinski definition) is 4. The van der Waals surface area contributed by atoms with Gasteiger partial charge in [0.25, 0.3) is 0 Å². The van der Waals surface area contributed by atoms with E-state index in [1.165, 1.54) is 18.2 Å². The van der Waals surface area contributed by atoms with Crippen LogP contribution in [0.1, 0.15) is 22.3 Å². The summed E-state index contributed by atoms with van der Waals surface area (Å²) in [6.45, 7) is 0. The minimum absolute atomic E-state index is 0.194. The van der Waals surface area contributed by atoms with Gasteiger partial charge >= 0.3 is 11.9 Å². The fourth-order valence-electron chi connectivity index (χ4n) is 2.04. The molecule has 21 heavy (non-hydrogen) atoms. The largest absolute Gasteiger partial charge is 0.478 e. The zero-order valence-electron chi connectivity index (χ0n) is 10.8. The molecule has 2 rings (SSSR count). The molecule has 0 saturated heterocycles. The van der Waals surface area contributed by atoms with Gasteiger partial charge in [0.15, 0.2) is 0 Å². The molecule has 0 fully saturated rings. The third kappa shape index (κ3) is 3.40. The first-order valence-electron chi connectivity index (χ1n) is 5.99. The lowest BCUT2D eigenvalue weighted by molar-refractivity contribution is -0.132. The molecule has 0 atom stereocenters. The lowest BCUT2D eigenvalue weighted by Crippen LogP contribution is -2.07. The van der Waals surface area contributed by atoms with Crippen molar-refractivity contribution >= 4 is 42.8 Å². The van der Waals surface area contributed by atoms with E-state index in [0.29, 0.717) is 9.81 Å². The van der Waals surface area contributed by atoms with Crippen LogP contribution >= 0.6 is 25.3 Å². The van der Waals surface area contributed by atoms with Gasteiger partial charge in [0.05, 0.1) is 5.56 Å². The Balaban J connectivity index is 2.47. The van der Waals surface area contributed by atoms with Crippen LogP contribution in [0.25, 0.3) is 5.57 Å².